The molecule has 122 valence electrons. The zero-order valence-electron chi connectivity index (χ0n) is 12.8. The van der Waals surface area contributed by atoms with Crippen LogP contribution in [0.2, 0.25) is 0 Å². The molecule has 1 atom stereocenters. The van der Waals surface area contributed by atoms with Crippen LogP contribution >= 0.6 is 11.5 Å². The monoisotopic (exact) mass is 351 g/mol. The van der Waals surface area contributed by atoms with Crippen LogP contribution in [0.1, 0.15) is 34.1 Å². The maximum Gasteiger partial charge on any atom is 0.256 e. The Bertz CT molecular complexity index is 859. The number of fused-ring (bicyclic) bond motifs is 1. The maximum atomic E-state index is 12.6. The number of nitrogens with zero attached hydrogens (tertiary/aromatic N) is 1. The first-order chi connectivity index (χ1) is 10.9. The summed E-state index contributed by atoms with van der Waals surface area (Å²) in [7, 11) is -1.52. The van der Waals surface area contributed by atoms with Crippen molar-refractivity contribution < 1.29 is 13.2 Å². The first kappa shape index (κ1) is 15.9. The molecule has 6 nitrogen and oxygen atoms in total. The van der Waals surface area contributed by atoms with Crippen molar-refractivity contribution in [2.24, 2.45) is 0 Å². The minimum absolute atomic E-state index is 0.0364. The number of aryl methyl sites for hydroxylation is 1. The number of benzene rings is 1. The van der Waals surface area contributed by atoms with Crippen LogP contribution in [0, 0.1) is 6.92 Å². The molecule has 1 aromatic carbocycles. The number of sulfone groups is 1. The van der Waals surface area contributed by atoms with E-state index in [9.17, 15) is 13.2 Å². The van der Waals surface area contributed by atoms with E-state index >= 15 is 0 Å². The third-order valence-corrected chi connectivity index (χ3v) is 6.70. The van der Waals surface area contributed by atoms with Crippen molar-refractivity contribution in [1.29, 1.82) is 0 Å². The van der Waals surface area contributed by atoms with Gasteiger partial charge in [-0.05, 0) is 36.5 Å². The highest BCUT2D eigenvalue weighted by atomic mass is 32.2. The van der Waals surface area contributed by atoms with Gasteiger partial charge in [-0.1, -0.05) is 18.2 Å². The summed E-state index contributed by atoms with van der Waals surface area (Å²) in [4.78, 5) is 12.9. The number of hydrogen-bond donors (Lipinski definition) is 2. The molecular formula is C15H17N3O3S2. The first-order valence-corrected chi connectivity index (χ1v) is 9.63. The van der Waals surface area contributed by atoms with Crippen LogP contribution in [0.3, 0.4) is 0 Å². The van der Waals surface area contributed by atoms with E-state index in [-0.39, 0.29) is 17.7 Å². The fourth-order valence-electron chi connectivity index (χ4n) is 2.78. The molecule has 0 bridgehead atoms. The van der Waals surface area contributed by atoms with Crippen molar-refractivity contribution in [2.45, 2.75) is 24.3 Å². The number of rotatable bonds is 3. The molecule has 2 N–H and O–H groups in total. The van der Waals surface area contributed by atoms with E-state index in [0.29, 0.717) is 33.1 Å². The molecule has 1 aromatic heterocycles. The van der Waals surface area contributed by atoms with E-state index in [2.05, 4.69) is 15.0 Å². The number of aromatic nitrogens is 1. The van der Waals surface area contributed by atoms with Crippen molar-refractivity contribution in [3.63, 3.8) is 0 Å². The van der Waals surface area contributed by atoms with Gasteiger partial charge >= 0.3 is 0 Å². The lowest BCUT2D eigenvalue weighted by molar-refractivity contribution is 0.0935. The van der Waals surface area contributed by atoms with Gasteiger partial charge in [0.2, 0.25) is 0 Å². The Kier molecular flexibility index (Phi) is 4.11. The summed E-state index contributed by atoms with van der Waals surface area (Å²) in [5.41, 5.74) is 1.83. The van der Waals surface area contributed by atoms with Crippen molar-refractivity contribution in [1.82, 2.24) is 9.69 Å². The quantitative estimate of drug-likeness (QED) is 0.884. The first-order valence-electron chi connectivity index (χ1n) is 7.20. The van der Waals surface area contributed by atoms with Gasteiger partial charge in [-0.2, -0.15) is 4.37 Å². The van der Waals surface area contributed by atoms with Crippen LogP contribution in [0.4, 0.5) is 5.00 Å². The summed E-state index contributed by atoms with van der Waals surface area (Å²) in [6, 6.07) is 6.53. The molecule has 1 aliphatic heterocycles. The molecular weight excluding hydrogens is 334 g/mol. The van der Waals surface area contributed by atoms with Gasteiger partial charge in [0.25, 0.3) is 5.91 Å². The Morgan fingerprint density at radius 2 is 2.09 bits per heavy atom. The van der Waals surface area contributed by atoms with E-state index in [0.717, 1.165) is 0 Å². The van der Waals surface area contributed by atoms with Crippen LogP contribution in [0.5, 0.6) is 0 Å². The fourth-order valence-corrected chi connectivity index (χ4v) is 5.14. The highest BCUT2D eigenvalue weighted by Crippen LogP contribution is 2.33. The molecule has 0 saturated heterocycles. The Labute approximate surface area is 139 Å². The van der Waals surface area contributed by atoms with Gasteiger partial charge in [0.15, 0.2) is 9.84 Å². The molecule has 2 heterocycles. The van der Waals surface area contributed by atoms with Crippen LogP contribution in [-0.4, -0.2) is 31.5 Å². The third-order valence-electron chi connectivity index (χ3n) is 3.93. The normalized spacial score (nSPS) is 19.0. The number of carbonyl (C=O) groups is 1. The highest BCUT2D eigenvalue weighted by molar-refractivity contribution is 7.91. The largest absolute Gasteiger partial charge is 0.378 e. The second-order valence-electron chi connectivity index (χ2n) is 5.39. The van der Waals surface area contributed by atoms with Gasteiger partial charge in [0.1, 0.15) is 5.00 Å². The van der Waals surface area contributed by atoms with Crippen molar-refractivity contribution in [2.75, 3.05) is 18.1 Å². The summed E-state index contributed by atoms with van der Waals surface area (Å²) >= 11 is 1.23. The van der Waals surface area contributed by atoms with Gasteiger partial charge in [0.05, 0.1) is 27.9 Å². The number of carbonyl (C=O) groups excluding carboxylic acids is 1. The number of nitrogens with one attached hydrogen (secondary N) is 2. The minimum Gasteiger partial charge on any atom is -0.378 e. The molecule has 0 fully saturated rings. The molecule has 2 aromatic rings. The van der Waals surface area contributed by atoms with Gasteiger partial charge in [-0.15, -0.1) is 0 Å². The summed E-state index contributed by atoms with van der Waals surface area (Å²) < 4.78 is 28.5. The predicted molar refractivity (Wildman–Crippen MR) is 89.7 cm³/mol. The average Bonchev–Trinajstić information content (AvgIpc) is 2.91. The van der Waals surface area contributed by atoms with Crippen molar-refractivity contribution in [3.8, 4) is 0 Å². The molecule has 1 aliphatic rings. The van der Waals surface area contributed by atoms with Gasteiger partial charge in [-0.3, -0.25) is 4.79 Å². The molecule has 8 heteroatoms. The highest BCUT2D eigenvalue weighted by Gasteiger charge is 2.31. The van der Waals surface area contributed by atoms with Crippen LogP contribution in [-0.2, 0) is 9.84 Å². The molecule has 0 spiro atoms. The lowest BCUT2D eigenvalue weighted by Crippen LogP contribution is -2.34. The molecule has 0 saturated carbocycles. The van der Waals surface area contributed by atoms with E-state index in [1.807, 2.05) is 0 Å². The van der Waals surface area contributed by atoms with E-state index in [1.54, 1.807) is 38.2 Å². The SMILES string of the molecule is CNc1snc(C)c1C(=O)N[C@H]1CCS(=O)(=O)c2ccccc21. The molecule has 0 aliphatic carbocycles. The van der Waals surface area contributed by atoms with Gasteiger partial charge < -0.3 is 10.6 Å². The van der Waals surface area contributed by atoms with Crippen molar-refractivity contribution >= 4 is 32.3 Å². The second kappa shape index (κ2) is 5.93. The molecule has 23 heavy (non-hydrogen) atoms. The van der Waals surface area contributed by atoms with E-state index < -0.39 is 9.84 Å². The number of amides is 1. The maximum absolute atomic E-state index is 12.6. The Morgan fingerprint density at radius 1 is 1.35 bits per heavy atom. The Morgan fingerprint density at radius 3 is 2.83 bits per heavy atom. The van der Waals surface area contributed by atoms with Crippen LogP contribution < -0.4 is 10.6 Å². The smallest absolute Gasteiger partial charge is 0.256 e. The Hall–Kier alpha value is -1.93. The molecule has 0 unspecified atom stereocenters. The zero-order valence-corrected chi connectivity index (χ0v) is 14.4. The summed E-state index contributed by atoms with van der Waals surface area (Å²) in [5.74, 6) is -0.200. The predicted octanol–water partition coefficient (Wildman–Crippen LogP) is 2.14. The van der Waals surface area contributed by atoms with Crippen molar-refractivity contribution in [3.05, 3.63) is 41.1 Å². The van der Waals surface area contributed by atoms with Crippen LogP contribution in [0.25, 0.3) is 0 Å². The number of hydrogen-bond acceptors (Lipinski definition) is 6. The average molecular weight is 351 g/mol. The molecule has 1 amide bonds. The number of anilines is 1. The van der Waals surface area contributed by atoms with E-state index in [1.165, 1.54) is 11.5 Å². The van der Waals surface area contributed by atoms with Gasteiger partial charge in [-0.25, -0.2) is 8.42 Å². The lowest BCUT2D eigenvalue weighted by atomic mass is 10.0. The topological polar surface area (TPSA) is 88.2 Å². The Balaban J connectivity index is 1.92. The van der Waals surface area contributed by atoms with Gasteiger partial charge in [0, 0.05) is 7.05 Å². The summed E-state index contributed by atoms with van der Waals surface area (Å²) in [6.07, 6.45) is 0.372. The summed E-state index contributed by atoms with van der Waals surface area (Å²) in [6.45, 7) is 1.78. The molecule has 3 rings (SSSR count). The lowest BCUT2D eigenvalue weighted by Gasteiger charge is -2.26. The fraction of sp³-hybridized carbons (Fsp3) is 0.333. The third kappa shape index (κ3) is 2.84. The van der Waals surface area contributed by atoms with E-state index in [4.69, 9.17) is 0 Å². The minimum atomic E-state index is -3.26. The van der Waals surface area contributed by atoms with Crippen LogP contribution in [0.15, 0.2) is 29.2 Å². The summed E-state index contributed by atoms with van der Waals surface area (Å²) in [5, 5.41) is 6.63. The molecule has 0 radical (unpaired) electrons. The standard InChI is InChI=1S/C15H17N3O3S2/c1-9-13(15(16-2)22-18-9)14(19)17-11-7-8-23(20,21)12-6-4-3-5-10(11)12/h3-6,11,16H,7-8H2,1-2H3,(H,17,19)/t11-/m0/s1. The second-order valence-corrected chi connectivity index (χ2v) is 8.24. The zero-order chi connectivity index (χ0) is 16.6.